The second-order valence-corrected chi connectivity index (χ2v) is 6.88. The largest absolute Gasteiger partial charge is 0.337 e. The Labute approximate surface area is 149 Å². The molecule has 3 unspecified atom stereocenters. The van der Waals surface area contributed by atoms with Crippen molar-refractivity contribution in [1.29, 1.82) is 0 Å². The van der Waals surface area contributed by atoms with Crippen molar-refractivity contribution in [3.63, 3.8) is 0 Å². The molecule has 0 radical (unpaired) electrons. The van der Waals surface area contributed by atoms with Crippen LogP contribution in [0.5, 0.6) is 0 Å². The highest BCUT2D eigenvalue weighted by Crippen LogP contribution is 2.25. The van der Waals surface area contributed by atoms with Gasteiger partial charge < -0.3 is 4.90 Å². The Balaban J connectivity index is 1.67. The molecular formula is C20H26N4O. The fourth-order valence-corrected chi connectivity index (χ4v) is 3.22. The van der Waals surface area contributed by atoms with Crippen molar-refractivity contribution in [2.45, 2.75) is 45.3 Å². The molecule has 0 saturated carbocycles. The lowest BCUT2D eigenvalue weighted by Crippen LogP contribution is -2.48. The number of benzene rings is 1. The van der Waals surface area contributed by atoms with E-state index in [-0.39, 0.29) is 24.0 Å². The van der Waals surface area contributed by atoms with Gasteiger partial charge in [-0.1, -0.05) is 30.3 Å². The summed E-state index contributed by atoms with van der Waals surface area (Å²) in [5.74, 6) is 0.00746. The van der Waals surface area contributed by atoms with E-state index in [1.807, 2.05) is 33.0 Å². The Morgan fingerprint density at radius 1 is 1.24 bits per heavy atom. The van der Waals surface area contributed by atoms with Gasteiger partial charge >= 0.3 is 0 Å². The molecule has 1 aliphatic rings. The van der Waals surface area contributed by atoms with E-state index in [1.165, 1.54) is 5.56 Å². The van der Waals surface area contributed by atoms with Crippen molar-refractivity contribution >= 4 is 5.91 Å². The van der Waals surface area contributed by atoms with Crippen molar-refractivity contribution < 1.29 is 4.79 Å². The molecule has 0 aliphatic carbocycles. The highest BCUT2D eigenvalue weighted by Gasteiger charge is 2.32. The number of carbonyl (C=O) groups is 1. The first kappa shape index (κ1) is 17.6. The van der Waals surface area contributed by atoms with Gasteiger partial charge in [-0.25, -0.2) is 5.43 Å². The number of hydrazine groups is 1. The quantitative estimate of drug-likeness (QED) is 0.900. The molecule has 2 N–H and O–H groups in total. The normalized spacial score (nSPS) is 21.1. The number of aryl methyl sites for hydroxylation is 2. The zero-order chi connectivity index (χ0) is 18.0. The summed E-state index contributed by atoms with van der Waals surface area (Å²) in [5.41, 5.74) is 10.6. The van der Waals surface area contributed by atoms with Gasteiger partial charge in [-0.2, -0.15) is 0 Å². The molecule has 1 amide bonds. The molecule has 0 bridgehead atoms. The molecule has 1 fully saturated rings. The van der Waals surface area contributed by atoms with E-state index in [1.54, 1.807) is 11.1 Å². The van der Waals surface area contributed by atoms with Crippen LogP contribution in [0.1, 0.15) is 46.6 Å². The predicted molar refractivity (Wildman–Crippen MR) is 99.1 cm³/mol. The SMILES string of the molecule is Cc1cc(C(=O)N(C)C(C)C2CC(c3ccccc3)NN2)cnc1C. The maximum absolute atomic E-state index is 12.8. The average molecular weight is 338 g/mol. The number of rotatable bonds is 4. The lowest BCUT2D eigenvalue weighted by molar-refractivity contribution is 0.0714. The third-order valence-corrected chi connectivity index (χ3v) is 5.24. The molecule has 2 heterocycles. The van der Waals surface area contributed by atoms with Gasteiger partial charge in [0.2, 0.25) is 0 Å². The zero-order valence-corrected chi connectivity index (χ0v) is 15.3. The fourth-order valence-electron chi connectivity index (χ4n) is 3.22. The molecule has 3 rings (SSSR count). The van der Waals surface area contributed by atoms with Crippen LogP contribution in [0.15, 0.2) is 42.6 Å². The summed E-state index contributed by atoms with van der Waals surface area (Å²) in [6, 6.07) is 12.8. The Morgan fingerprint density at radius 2 is 1.96 bits per heavy atom. The van der Waals surface area contributed by atoms with Gasteiger partial charge in [-0.3, -0.25) is 15.2 Å². The summed E-state index contributed by atoms with van der Waals surface area (Å²) < 4.78 is 0. The first-order chi connectivity index (χ1) is 12.0. The summed E-state index contributed by atoms with van der Waals surface area (Å²) in [5, 5.41) is 0. The van der Waals surface area contributed by atoms with Gasteiger partial charge in [-0.05, 0) is 44.4 Å². The van der Waals surface area contributed by atoms with E-state index in [0.717, 1.165) is 17.7 Å². The number of aromatic nitrogens is 1. The van der Waals surface area contributed by atoms with Crippen LogP contribution in [-0.2, 0) is 0 Å². The minimum atomic E-state index is 0.00746. The maximum Gasteiger partial charge on any atom is 0.255 e. The van der Waals surface area contributed by atoms with Crippen LogP contribution in [-0.4, -0.2) is 34.9 Å². The van der Waals surface area contributed by atoms with Gasteiger partial charge in [0.05, 0.1) is 5.56 Å². The zero-order valence-electron chi connectivity index (χ0n) is 15.3. The van der Waals surface area contributed by atoms with Gasteiger partial charge in [0, 0.05) is 37.1 Å². The molecule has 1 saturated heterocycles. The molecule has 132 valence electrons. The van der Waals surface area contributed by atoms with Crippen LogP contribution in [0.4, 0.5) is 0 Å². The maximum atomic E-state index is 12.8. The van der Waals surface area contributed by atoms with Crippen molar-refractivity contribution in [3.05, 3.63) is 65.0 Å². The van der Waals surface area contributed by atoms with Gasteiger partial charge in [0.25, 0.3) is 5.91 Å². The van der Waals surface area contributed by atoms with Crippen LogP contribution in [0.25, 0.3) is 0 Å². The van der Waals surface area contributed by atoms with E-state index < -0.39 is 0 Å². The molecule has 2 aromatic rings. The molecule has 5 nitrogen and oxygen atoms in total. The van der Waals surface area contributed by atoms with Crippen LogP contribution >= 0.6 is 0 Å². The summed E-state index contributed by atoms with van der Waals surface area (Å²) in [4.78, 5) is 18.9. The average Bonchev–Trinajstić information content (AvgIpc) is 3.13. The summed E-state index contributed by atoms with van der Waals surface area (Å²) in [6.07, 6.45) is 2.61. The predicted octanol–water partition coefficient (Wildman–Crippen LogP) is 2.77. The van der Waals surface area contributed by atoms with E-state index >= 15 is 0 Å². The fraction of sp³-hybridized carbons (Fsp3) is 0.400. The van der Waals surface area contributed by atoms with E-state index in [0.29, 0.717) is 5.56 Å². The molecule has 1 aromatic carbocycles. The molecule has 1 aromatic heterocycles. The van der Waals surface area contributed by atoms with Crippen molar-refractivity contribution in [3.8, 4) is 0 Å². The number of nitrogens with one attached hydrogen (secondary N) is 2. The third-order valence-electron chi connectivity index (χ3n) is 5.24. The number of pyridine rings is 1. The van der Waals surface area contributed by atoms with Crippen molar-refractivity contribution in [2.75, 3.05) is 7.05 Å². The minimum Gasteiger partial charge on any atom is -0.337 e. The lowest BCUT2D eigenvalue weighted by atomic mass is 9.98. The standard InChI is InChI=1S/C20H26N4O/c1-13-10-17(12-21-14(13)2)20(25)24(4)15(3)18-11-19(23-22-18)16-8-6-5-7-9-16/h5-10,12,15,18-19,22-23H,11H2,1-4H3. The summed E-state index contributed by atoms with van der Waals surface area (Å²) in [6.45, 7) is 6.02. The Morgan fingerprint density at radius 3 is 2.64 bits per heavy atom. The molecule has 25 heavy (non-hydrogen) atoms. The van der Waals surface area contributed by atoms with Crippen molar-refractivity contribution in [1.82, 2.24) is 20.7 Å². The Kier molecular flexibility index (Phi) is 5.16. The van der Waals surface area contributed by atoms with Crippen LogP contribution in [0.2, 0.25) is 0 Å². The topological polar surface area (TPSA) is 57.3 Å². The number of likely N-dealkylation sites (N-methyl/N-ethyl adjacent to an activating group) is 1. The molecule has 1 aliphatic heterocycles. The monoisotopic (exact) mass is 338 g/mol. The smallest absolute Gasteiger partial charge is 0.255 e. The highest BCUT2D eigenvalue weighted by molar-refractivity contribution is 5.94. The second kappa shape index (κ2) is 7.33. The van der Waals surface area contributed by atoms with E-state index in [4.69, 9.17) is 0 Å². The first-order valence-electron chi connectivity index (χ1n) is 8.73. The van der Waals surface area contributed by atoms with Gasteiger partial charge in [0.15, 0.2) is 0 Å². The highest BCUT2D eigenvalue weighted by atomic mass is 16.2. The molecular weight excluding hydrogens is 312 g/mol. The van der Waals surface area contributed by atoms with E-state index in [9.17, 15) is 4.79 Å². The lowest BCUT2D eigenvalue weighted by Gasteiger charge is -2.29. The second-order valence-electron chi connectivity index (χ2n) is 6.88. The number of hydrogen-bond acceptors (Lipinski definition) is 4. The molecule has 3 atom stereocenters. The number of hydrogen-bond donors (Lipinski definition) is 2. The minimum absolute atomic E-state index is 0.00746. The molecule has 5 heteroatoms. The number of carbonyl (C=O) groups excluding carboxylic acids is 1. The Hall–Kier alpha value is -2.24. The van der Waals surface area contributed by atoms with Crippen LogP contribution < -0.4 is 10.9 Å². The van der Waals surface area contributed by atoms with Crippen LogP contribution in [0, 0.1) is 13.8 Å². The summed E-state index contributed by atoms with van der Waals surface area (Å²) >= 11 is 0. The van der Waals surface area contributed by atoms with Crippen LogP contribution in [0.3, 0.4) is 0 Å². The number of amides is 1. The van der Waals surface area contributed by atoms with Crippen molar-refractivity contribution in [2.24, 2.45) is 0 Å². The van der Waals surface area contributed by atoms with Gasteiger partial charge in [0.1, 0.15) is 0 Å². The number of nitrogens with zero attached hydrogens (tertiary/aromatic N) is 2. The summed E-state index contributed by atoms with van der Waals surface area (Å²) in [7, 11) is 1.86. The van der Waals surface area contributed by atoms with E-state index in [2.05, 4.69) is 47.0 Å². The third kappa shape index (κ3) is 3.72. The molecule has 0 spiro atoms. The van der Waals surface area contributed by atoms with Gasteiger partial charge in [-0.15, -0.1) is 0 Å². The Bertz CT molecular complexity index is 747. The first-order valence-corrected chi connectivity index (χ1v) is 8.73.